The van der Waals surface area contributed by atoms with Crippen molar-refractivity contribution in [1.82, 2.24) is 15.1 Å². The normalized spacial score (nSPS) is 11.3. The van der Waals surface area contributed by atoms with Crippen molar-refractivity contribution >= 4 is 0 Å². The fourth-order valence-corrected chi connectivity index (χ4v) is 1.89. The first kappa shape index (κ1) is 13.2. The average Bonchev–Trinajstić information content (AvgIpc) is 2.67. The van der Waals surface area contributed by atoms with Gasteiger partial charge in [-0.1, -0.05) is 13.8 Å². The summed E-state index contributed by atoms with van der Waals surface area (Å²) in [6.07, 6.45) is 1.97. The van der Waals surface area contributed by atoms with Crippen molar-refractivity contribution < 1.29 is 4.74 Å². The van der Waals surface area contributed by atoms with Crippen LogP contribution in [0.4, 0.5) is 0 Å². The summed E-state index contributed by atoms with van der Waals surface area (Å²) in [5.41, 5.74) is 2.64. The molecule has 1 N–H and O–H groups in total. The molecule has 0 radical (unpaired) electrons. The van der Waals surface area contributed by atoms with Gasteiger partial charge in [-0.2, -0.15) is 5.10 Å². The van der Waals surface area contributed by atoms with Gasteiger partial charge in [-0.05, 0) is 12.8 Å². The molecule has 1 rings (SSSR count). The van der Waals surface area contributed by atoms with Crippen LogP contribution in [0.15, 0.2) is 6.20 Å². The molecular weight excluding hydrogens is 202 g/mol. The Hall–Kier alpha value is -0.870. The molecule has 0 aliphatic heterocycles. The molecule has 92 valence electrons. The lowest BCUT2D eigenvalue weighted by Gasteiger charge is -2.11. The monoisotopic (exact) mass is 225 g/mol. The van der Waals surface area contributed by atoms with Gasteiger partial charge >= 0.3 is 0 Å². The maximum atomic E-state index is 5.00. The van der Waals surface area contributed by atoms with Crippen molar-refractivity contribution in [3.8, 4) is 0 Å². The van der Waals surface area contributed by atoms with Gasteiger partial charge in [0.15, 0.2) is 0 Å². The number of ether oxygens (including phenoxy) is 1. The molecule has 0 spiro atoms. The van der Waals surface area contributed by atoms with Crippen LogP contribution in [0, 0.1) is 0 Å². The molecule has 0 saturated heterocycles. The Kier molecular flexibility index (Phi) is 5.49. The van der Waals surface area contributed by atoms with Gasteiger partial charge in [0.25, 0.3) is 0 Å². The maximum Gasteiger partial charge on any atom is 0.0587 e. The Morgan fingerprint density at radius 3 is 2.81 bits per heavy atom. The number of nitrogens with one attached hydrogen (secondary N) is 1. The first-order valence-electron chi connectivity index (χ1n) is 5.94. The molecule has 0 aliphatic carbocycles. The molecule has 1 heterocycles. The van der Waals surface area contributed by atoms with Gasteiger partial charge in [-0.25, -0.2) is 0 Å². The standard InChI is InChI=1S/C12H23N3O/c1-5-15-12(10(2)3)11(9-14-15)8-13-6-7-16-4/h9-10,13H,5-8H2,1-4H3. The number of hydrogen-bond acceptors (Lipinski definition) is 3. The van der Waals surface area contributed by atoms with Crippen molar-refractivity contribution in [2.24, 2.45) is 0 Å². The fraction of sp³-hybridized carbons (Fsp3) is 0.750. The molecule has 0 bridgehead atoms. The molecule has 0 aromatic carbocycles. The zero-order chi connectivity index (χ0) is 12.0. The quantitative estimate of drug-likeness (QED) is 0.719. The highest BCUT2D eigenvalue weighted by molar-refractivity contribution is 5.20. The summed E-state index contributed by atoms with van der Waals surface area (Å²) in [5, 5.41) is 7.76. The van der Waals surface area contributed by atoms with Crippen molar-refractivity contribution in [2.45, 2.75) is 39.8 Å². The Bertz CT molecular complexity index is 307. The minimum Gasteiger partial charge on any atom is -0.383 e. The van der Waals surface area contributed by atoms with Gasteiger partial charge in [0.05, 0.1) is 12.8 Å². The molecule has 1 aromatic rings. The molecule has 0 amide bonds. The largest absolute Gasteiger partial charge is 0.383 e. The average molecular weight is 225 g/mol. The lowest BCUT2D eigenvalue weighted by Crippen LogP contribution is -2.19. The summed E-state index contributed by atoms with van der Waals surface area (Å²) in [4.78, 5) is 0. The van der Waals surface area contributed by atoms with Crippen LogP contribution in [0.2, 0.25) is 0 Å². The second-order valence-corrected chi connectivity index (χ2v) is 4.20. The van der Waals surface area contributed by atoms with Gasteiger partial charge in [0, 0.05) is 38.0 Å². The first-order valence-corrected chi connectivity index (χ1v) is 5.94. The summed E-state index contributed by atoms with van der Waals surface area (Å²) >= 11 is 0. The maximum absolute atomic E-state index is 5.00. The Balaban J connectivity index is 2.61. The van der Waals surface area contributed by atoms with Crippen LogP contribution >= 0.6 is 0 Å². The van der Waals surface area contributed by atoms with E-state index in [2.05, 4.69) is 35.9 Å². The second kappa shape index (κ2) is 6.66. The molecule has 4 heteroatoms. The van der Waals surface area contributed by atoms with E-state index in [1.165, 1.54) is 11.3 Å². The number of hydrogen-bond donors (Lipinski definition) is 1. The van der Waals surface area contributed by atoms with Crippen LogP contribution < -0.4 is 5.32 Å². The smallest absolute Gasteiger partial charge is 0.0587 e. The molecule has 1 aromatic heterocycles. The van der Waals surface area contributed by atoms with Crippen LogP contribution in [0.1, 0.15) is 37.9 Å². The molecule has 4 nitrogen and oxygen atoms in total. The van der Waals surface area contributed by atoms with E-state index < -0.39 is 0 Å². The van der Waals surface area contributed by atoms with E-state index in [1.807, 2.05) is 6.20 Å². The van der Waals surface area contributed by atoms with Crippen LogP contribution in [0.5, 0.6) is 0 Å². The highest BCUT2D eigenvalue weighted by Crippen LogP contribution is 2.19. The third-order valence-electron chi connectivity index (χ3n) is 2.60. The van der Waals surface area contributed by atoms with Gasteiger partial charge < -0.3 is 10.1 Å². The number of methoxy groups -OCH3 is 1. The molecule has 0 saturated carbocycles. The summed E-state index contributed by atoms with van der Waals surface area (Å²) in [6.45, 7) is 9.98. The van der Waals surface area contributed by atoms with Gasteiger partial charge in [-0.15, -0.1) is 0 Å². The molecular formula is C12H23N3O. The number of rotatable bonds is 7. The fourth-order valence-electron chi connectivity index (χ4n) is 1.89. The Morgan fingerprint density at radius 1 is 1.50 bits per heavy atom. The highest BCUT2D eigenvalue weighted by Gasteiger charge is 2.12. The summed E-state index contributed by atoms with van der Waals surface area (Å²) in [5.74, 6) is 0.515. The van der Waals surface area contributed by atoms with Crippen LogP contribution in [0.25, 0.3) is 0 Å². The summed E-state index contributed by atoms with van der Waals surface area (Å²) in [6, 6.07) is 0. The Labute approximate surface area is 98.0 Å². The van der Waals surface area contributed by atoms with Crippen LogP contribution in [-0.2, 0) is 17.8 Å². The third kappa shape index (κ3) is 3.32. The molecule has 0 fully saturated rings. The van der Waals surface area contributed by atoms with E-state index in [-0.39, 0.29) is 0 Å². The number of aryl methyl sites for hydroxylation is 1. The lowest BCUT2D eigenvalue weighted by molar-refractivity contribution is 0.199. The molecule has 0 atom stereocenters. The minimum absolute atomic E-state index is 0.515. The first-order chi connectivity index (χ1) is 7.70. The second-order valence-electron chi connectivity index (χ2n) is 4.20. The van der Waals surface area contributed by atoms with Crippen molar-refractivity contribution in [2.75, 3.05) is 20.3 Å². The van der Waals surface area contributed by atoms with Crippen molar-refractivity contribution in [3.05, 3.63) is 17.5 Å². The summed E-state index contributed by atoms with van der Waals surface area (Å²) in [7, 11) is 1.72. The van der Waals surface area contributed by atoms with E-state index >= 15 is 0 Å². The highest BCUT2D eigenvalue weighted by atomic mass is 16.5. The number of nitrogens with zero attached hydrogens (tertiary/aromatic N) is 2. The molecule has 16 heavy (non-hydrogen) atoms. The van der Waals surface area contributed by atoms with E-state index in [1.54, 1.807) is 7.11 Å². The third-order valence-corrected chi connectivity index (χ3v) is 2.60. The van der Waals surface area contributed by atoms with Gasteiger partial charge in [-0.3, -0.25) is 4.68 Å². The summed E-state index contributed by atoms with van der Waals surface area (Å²) < 4.78 is 7.08. The van der Waals surface area contributed by atoms with E-state index in [0.717, 1.165) is 26.2 Å². The van der Waals surface area contributed by atoms with Crippen molar-refractivity contribution in [1.29, 1.82) is 0 Å². The Morgan fingerprint density at radius 2 is 2.25 bits per heavy atom. The predicted molar refractivity (Wildman–Crippen MR) is 65.6 cm³/mol. The zero-order valence-corrected chi connectivity index (χ0v) is 10.8. The van der Waals surface area contributed by atoms with Crippen molar-refractivity contribution in [3.63, 3.8) is 0 Å². The van der Waals surface area contributed by atoms with Gasteiger partial charge in [0.2, 0.25) is 0 Å². The van der Waals surface area contributed by atoms with Crippen LogP contribution in [-0.4, -0.2) is 30.0 Å². The predicted octanol–water partition coefficient (Wildman–Crippen LogP) is 1.76. The van der Waals surface area contributed by atoms with Gasteiger partial charge in [0.1, 0.15) is 0 Å². The zero-order valence-electron chi connectivity index (χ0n) is 10.8. The lowest BCUT2D eigenvalue weighted by atomic mass is 10.1. The van der Waals surface area contributed by atoms with Crippen LogP contribution in [0.3, 0.4) is 0 Å². The topological polar surface area (TPSA) is 39.1 Å². The number of aromatic nitrogens is 2. The van der Waals surface area contributed by atoms with E-state index in [4.69, 9.17) is 4.74 Å². The van der Waals surface area contributed by atoms with E-state index in [9.17, 15) is 0 Å². The SMILES string of the molecule is CCn1ncc(CNCCOC)c1C(C)C. The molecule has 0 aliphatic rings. The minimum atomic E-state index is 0.515. The van der Waals surface area contributed by atoms with E-state index in [0.29, 0.717) is 5.92 Å². The molecule has 0 unspecified atom stereocenters.